The molecule has 5 N–H and O–H groups in total. The first-order valence-electron chi connectivity index (χ1n) is 8.27. The monoisotopic (exact) mass is 345 g/mol. The molecule has 1 aromatic carbocycles. The Morgan fingerprint density at radius 3 is 2.44 bits per heavy atom. The van der Waals surface area contributed by atoms with Crippen molar-refractivity contribution in [3.05, 3.63) is 23.8 Å². The lowest BCUT2D eigenvalue weighted by atomic mass is 10.0. The first kappa shape index (κ1) is 17.4. The number of nitrogens with zero attached hydrogens (tertiary/aromatic N) is 2. The molecule has 2 saturated heterocycles. The average Bonchev–Trinajstić information content (AvgIpc) is 3.03. The Balaban J connectivity index is 1.71. The lowest BCUT2D eigenvalue weighted by Gasteiger charge is -2.39. The zero-order chi connectivity index (χ0) is 18.0. The minimum atomic E-state index is -0.895. The number of hydrogen-bond donors (Lipinski definition) is 3. The van der Waals surface area contributed by atoms with Crippen molar-refractivity contribution < 1.29 is 14.3 Å². The molecule has 0 aromatic heterocycles. The van der Waals surface area contributed by atoms with Crippen molar-refractivity contribution in [2.75, 3.05) is 31.2 Å². The zero-order valence-electron chi connectivity index (χ0n) is 14.2. The fourth-order valence-electron chi connectivity index (χ4n) is 3.26. The Morgan fingerprint density at radius 2 is 1.88 bits per heavy atom. The standard InChI is InChI=1S/C17H23N5O3/c1-11-10-12(21-15(19)14(18)16(20)23)2-3-13(11)22-6-4-17(5-7-22)24-8-9-25-17/h2-3,10,18H,4-9H2,1H3,(H2,19,21)(H2,20,23). The number of anilines is 1. The number of carbonyl (C=O) groups is 1. The van der Waals surface area contributed by atoms with Gasteiger partial charge in [0.15, 0.2) is 17.3 Å². The number of aryl methyl sites for hydroxylation is 1. The van der Waals surface area contributed by atoms with Gasteiger partial charge in [-0.25, -0.2) is 4.99 Å². The van der Waals surface area contributed by atoms with Gasteiger partial charge in [-0.15, -0.1) is 0 Å². The number of hydrogen-bond acceptors (Lipinski definition) is 6. The van der Waals surface area contributed by atoms with Crippen molar-refractivity contribution in [2.24, 2.45) is 16.5 Å². The Kier molecular flexibility index (Phi) is 4.73. The number of nitrogens with one attached hydrogen (secondary N) is 1. The average molecular weight is 345 g/mol. The van der Waals surface area contributed by atoms with Gasteiger partial charge in [0.2, 0.25) is 0 Å². The number of amidine groups is 1. The first-order valence-corrected chi connectivity index (χ1v) is 8.27. The summed E-state index contributed by atoms with van der Waals surface area (Å²) in [6, 6.07) is 5.67. The number of aliphatic imine (C=N–C) groups is 1. The van der Waals surface area contributed by atoms with Gasteiger partial charge in [-0.2, -0.15) is 0 Å². The minimum Gasteiger partial charge on any atom is -0.382 e. The lowest BCUT2D eigenvalue weighted by Crippen LogP contribution is -2.45. The molecule has 3 rings (SSSR count). The van der Waals surface area contributed by atoms with Crippen LogP contribution in [-0.2, 0) is 14.3 Å². The molecule has 2 fully saturated rings. The van der Waals surface area contributed by atoms with E-state index in [1.165, 1.54) is 0 Å². The molecule has 8 nitrogen and oxygen atoms in total. The van der Waals surface area contributed by atoms with E-state index >= 15 is 0 Å². The highest BCUT2D eigenvalue weighted by atomic mass is 16.7. The third-order valence-electron chi connectivity index (χ3n) is 4.61. The van der Waals surface area contributed by atoms with E-state index in [4.69, 9.17) is 26.4 Å². The summed E-state index contributed by atoms with van der Waals surface area (Å²) in [5.41, 5.74) is 12.9. The molecule has 1 amide bonds. The number of rotatable bonds is 4. The van der Waals surface area contributed by atoms with E-state index in [0.29, 0.717) is 18.9 Å². The molecule has 0 unspecified atom stereocenters. The van der Waals surface area contributed by atoms with Crippen molar-refractivity contribution in [1.29, 1.82) is 5.41 Å². The number of piperidine rings is 1. The predicted molar refractivity (Wildman–Crippen MR) is 95.5 cm³/mol. The molecule has 1 spiro atoms. The fourth-order valence-corrected chi connectivity index (χ4v) is 3.26. The number of primary amides is 1. The van der Waals surface area contributed by atoms with Crippen LogP contribution in [0.25, 0.3) is 0 Å². The lowest BCUT2D eigenvalue weighted by molar-refractivity contribution is -0.169. The first-order chi connectivity index (χ1) is 11.9. The van der Waals surface area contributed by atoms with Crippen molar-refractivity contribution >= 4 is 28.8 Å². The van der Waals surface area contributed by atoms with E-state index in [1.54, 1.807) is 0 Å². The number of nitrogens with two attached hydrogens (primary N) is 2. The molecule has 2 heterocycles. The molecular formula is C17H23N5O3. The van der Waals surface area contributed by atoms with Gasteiger partial charge in [-0.3, -0.25) is 10.2 Å². The summed E-state index contributed by atoms with van der Waals surface area (Å²) in [7, 11) is 0. The molecule has 8 heteroatoms. The van der Waals surface area contributed by atoms with E-state index in [9.17, 15) is 4.79 Å². The minimum absolute atomic E-state index is 0.185. The SMILES string of the molecule is Cc1cc(N=C(N)C(=N)C(N)=O)ccc1N1CCC2(CC1)OCCO2. The molecule has 0 radical (unpaired) electrons. The van der Waals surface area contributed by atoms with Gasteiger partial charge >= 0.3 is 0 Å². The predicted octanol–water partition coefficient (Wildman–Crippen LogP) is 0.832. The zero-order valence-corrected chi connectivity index (χ0v) is 14.2. The van der Waals surface area contributed by atoms with Crippen molar-refractivity contribution in [3.63, 3.8) is 0 Å². The van der Waals surface area contributed by atoms with Gasteiger partial charge in [0.25, 0.3) is 5.91 Å². The molecule has 25 heavy (non-hydrogen) atoms. The van der Waals surface area contributed by atoms with Crippen molar-refractivity contribution in [2.45, 2.75) is 25.6 Å². The molecular weight excluding hydrogens is 322 g/mol. The summed E-state index contributed by atoms with van der Waals surface area (Å²) in [5, 5.41) is 7.47. The van der Waals surface area contributed by atoms with Gasteiger partial charge < -0.3 is 25.8 Å². The smallest absolute Gasteiger partial charge is 0.270 e. The number of carbonyl (C=O) groups excluding carboxylic acids is 1. The Morgan fingerprint density at radius 1 is 1.24 bits per heavy atom. The Bertz CT molecular complexity index is 715. The second kappa shape index (κ2) is 6.81. The molecule has 2 aliphatic rings. The quantitative estimate of drug-likeness (QED) is 0.550. The number of amides is 1. The molecule has 134 valence electrons. The van der Waals surface area contributed by atoms with E-state index in [0.717, 1.165) is 37.2 Å². The van der Waals surface area contributed by atoms with E-state index in [-0.39, 0.29) is 5.84 Å². The van der Waals surface area contributed by atoms with Gasteiger partial charge in [-0.05, 0) is 30.7 Å². The van der Waals surface area contributed by atoms with Gasteiger partial charge in [0.1, 0.15) is 0 Å². The topological polar surface area (TPSA) is 127 Å². The molecule has 0 atom stereocenters. The summed E-state index contributed by atoms with van der Waals surface area (Å²) in [4.78, 5) is 17.4. The van der Waals surface area contributed by atoms with Crippen LogP contribution < -0.4 is 16.4 Å². The highest BCUT2D eigenvalue weighted by Crippen LogP contribution is 2.34. The fraction of sp³-hybridized carbons (Fsp3) is 0.471. The van der Waals surface area contributed by atoms with Crippen LogP contribution in [0.15, 0.2) is 23.2 Å². The van der Waals surface area contributed by atoms with Gasteiger partial charge in [0, 0.05) is 31.6 Å². The largest absolute Gasteiger partial charge is 0.382 e. The van der Waals surface area contributed by atoms with Crippen LogP contribution in [0.5, 0.6) is 0 Å². The summed E-state index contributed by atoms with van der Waals surface area (Å²) in [6.45, 7) is 5.06. The van der Waals surface area contributed by atoms with Gasteiger partial charge in [-0.1, -0.05) is 0 Å². The third-order valence-corrected chi connectivity index (χ3v) is 4.61. The second-order valence-corrected chi connectivity index (χ2v) is 6.30. The van der Waals surface area contributed by atoms with Crippen LogP contribution in [-0.4, -0.2) is 49.5 Å². The van der Waals surface area contributed by atoms with Crippen LogP contribution in [0.3, 0.4) is 0 Å². The van der Waals surface area contributed by atoms with Crippen molar-refractivity contribution in [1.82, 2.24) is 0 Å². The number of benzene rings is 1. The summed E-state index contributed by atoms with van der Waals surface area (Å²) in [6.07, 6.45) is 1.68. The maximum Gasteiger partial charge on any atom is 0.270 e. The third kappa shape index (κ3) is 3.64. The molecule has 0 bridgehead atoms. The highest BCUT2D eigenvalue weighted by Gasteiger charge is 2.39. The maximum atomic E-state index is 11.0. The van der Waals surface area contributed by atoms with E-state index in [2.05, 4.69) is 9.89 Å². The van der Waals surface area contributed by atoms with Crippen LogP contribution in [0.2, 0.25) is 0 Å². The summed E-state index contributed by atoms with van der Waals surface area (Å²) >= 11 is 0. The van der Waals surface area contributed by atoms with Crippen LogP contribution in [0.4, 0.5) is 11.4 Å². The summed E-state index contributed by atoms with van der Waals surface area (Å²) in [5.74, 6) is -1.47. The van der Waals surface area contributed by atoms with Crippen LogP contribution >= 0.6 is 0 Å². The highest BCUT2D eigenvalue weighted by molar-refractivity contribution is 6.65. The Hall–Kier alpha value is -2.45. The van der Waals surface area contributed by atoms with Gasteiger partial charge in [0.05, 0.1) is 18.9 Å². The normalized spacial score (nSPS) is 20.0. The van der Waals surface area contributed by atoms with Crippen LogP contribution in [0.1, 0.15) is 18.4 Å². The van der Waals surface area contributed by atoms with E-state index in [1.807, 2.05) is 25.1 Å². The molecule has 0 aliphatic carbocycles. The molecule has 1 aromatic rings. The van der Waals surface area contributed by atoms with Crippen molar-refractivity contribution in [3.8, 4) is 0 Å². The van der Waals surface area contributed by atoms with E-state index < -0.39 is 17.4 Å². The van der Waals surface area contributed by atoms with Crippen LogP contribution in [0, 0.1) is 12.3 Å². The Labute approximate surface area is 146 Å². The second-order valence-electron chi connectivity index (χ2n) is 6.30. The number of ether oxygens (including phenoxy) is 2. The maximum absolute atomic E-state index is 11.0. The molecule has 2 aliphatic heterocycles. The molecule has 0 saturated carbocycles. The summed E-state index contributed by atoms with van der Waals surface area (Å²) < 4.78 is 11.5.